The topological polar surface area (TPSA) is 0 Å². The molecule has 0 heterocycles. The zero-order chi connectivity index (χ0) is 31.6. The summed E-state index contributed by atoms with van der Waals surface area (Å²) in [5.74, 6) is 1.94. The third-order valence-corrected chi connectivity index (χ3v) is 12.0. The lowest BCUT2D eigenvalue weighted by atomic mass is 9.76. The Labute approximate surface area is 284 Å². The maximum atomic E-state index is 2.60. The molecule has 48 heavy (non-hydrogen) atoms. The molecule has 0 aliphatic heterocycles. The fourth-order valence-electron chi connectivity index (χ4n) is 10.2. The van der Waals surface area contributed by atoms with Crippen molar-refractivity contribution in [3.63, 3.8) is 0 Å². The predicted molar refractivity (Wildman–Crippen MR) is 202 cm³/mol. The molecule has 0 unspecified atom stereocenters. The Hall–Kier alpha value is -4.68. The Morgan fingerprint density at radius 2 is 0.542 bits per heavy atom. The monoisotopic (exact) mass is 618 g/mol. The van der Waals surface area contributed by atoms with E-state index in [0.717, 1.165) is 19.3 Å². The van der Waals surface area contributed by atoms with E-state index in [2.05, 4.69) is 127 Å². The van der Waals surface area contributed by atoms with Crippen molar-refractivity contribution in [3.05, 3.63) is 177 Å². The van der Waals surface area contributed by atoms with Crippen LogP contribution in [0.5, 0.6) is 0 Å². The van der Waals surface area contributed by atoms with Crippen LogP contribution in [0, 0.1) is 17.8 Å². The zero-order valence-corrected chi connectivity index (χ0v) is 27.7. The van der Waals surface area contributed by atoms with E-state index < -0.39 is 0 Å². The van der Waals surface area contributed by atoms with Gasteiger partial charge in [0.05, 0.1) is 0 Å². The van der Waals surface area contributed by atoms with Crippen LogP contribution < -0.4 is 0 Å². The van der Waals surface area contributed by atoms with Crippen molar-refractivity contribution >= 4 is 32.3 Å². The Bertz CT molecular complexity index is 1960. The zero-order valence-electron chi connectivity index (χ0n) is 27.7. The molecule has 0 fully saturated rings. The summed E-state index contributed by atoms with van der Waals surface area (Å²) in [6.45, 7) is 0. The molecule has 0 saturated carbocycles. The lowest BCUT2D eigenvalue weighted by molar-refractivity contribution is 0.499. The number of rotatable bonds is 6. The molecule has 0 N–H and O–H groups in total. The van der Waals surface area contributed by atoms with Gasteiger partial charge in [-0.1, -0.05) is 127 Å². The fourth-order valence-corrected chi connectivity index (χ4v) is 10.2. The molecule has 234 valence electrons. The van der Waals surface area contributed by atoms with Gasteiger partial charge in [-0.3, -0.25) is 0 Å². The average Bonchev–Trinajstić information content (AvgIpc) is 3.09. The van der Waals surface area contributed by atoms with Crippen LogP contribution in [-0.2, 0) is 57.8 Å². The van der Waals surface area contributed by atoms with Gasteiger partial charge in [-0.2, -0.15) is 0 Å². The SMILES string of the molecule is c1cc2c3c(cccc3c1)CC(Cc1cc(CC3Cc4cccc5cccc(c45)C3)cc(CC3Cc4cccc5cccc(c45)C3)c1)C2. The number of hydrogen-bond acceptors (Lipinski definition) is 0. The Morgan fingerprint density at radius 1 is 0.312 bits per heavy atom. The van der Waals surface area contributed by atoms with Crippen LogP contribution in [0.2, 0.25) is 0 Å². The van der Waals surface area contributed by atoms with E-state index in [1.165, 1.54) is 70.8 Å². The van der Waals surface area contributed by atoms with Gasteiger partial charge in [0.1, 0.15) is 0 Å². The normalized spacial score (nSPS) is 16.2. The van der Waals surface area contributed by atoms with Gasteiger partial charge in [-0.05, 0) is 158 Å². The minimum atomic E-state index is 0.645. The third kappa shape index (κ3) is 5.05. The first-order chi connectivity index (χ1) is 23.7. The molecule has 7 aromatic carbocycles. The smallest absolute Gasteiger partial charge is 0.0120 e. The molecule has 0 aromatic heterocycles. The molecular weight excluding hydrogens is 577 g/mol. The van der Waals surface area contributed by atoms with Crippen molar-refractivity contribution in [2.75, 3.05) is 0 Å². The average molecular weight is 619 g/mol. The molecular formula is C48H42. The quantitative estimate of drug-likeness (QED) is 0.174. The van der Waals surface area contributed by atoms with Crippen LogP contribution in [0.15, 0.2) is 127 Å². The van der Waals surface area contributed by atoms with Crippen molar-refractivity contribution in [2.24, 2.45) is 17.8 Å². The van der Waals surface area contributed by atoms with Gasteiger partial charge in [-0.25, -0.2) is 0 Å². The van der Waals surface area contributed by atoms with Crippen LogP contribution in [0.25, 0.3) is 32.3 Å². The third-order valence-electron chi connectivity index (χ3n) is 12.0. The summed E-state index contributed by atoms with van der Waals surface area (Å²) in [5.41, 5.74) is 13.9. The van der Waals surface area contributed by atoms with Crippen LogP contribution in [0.4, 0.5) is 0 Å². The molecule has 3 aliphatic carbocycles. The summed E-state index contributed by atoms with van der Waals surface area (Å²) in [7, 11) is 0. The number of benzene rings is 7. The lowest BCUT2D eigenvalue weighted by Crippen LogP contribution is -2.19. The molecule has 7 aromatic rings. The van der Waals surface area contributed by atoms with E-state index in [-0.39, 0.29) is 0 Å². The molecule has 10 rings (SSSR count). The van der Waals surface area contributed by atoms with Gasteiger partial charge >= 0.3 is 0 Å². The molecule has 0 radical (unpaired) electrons. The van der Waals surface area contributed by atoms with E-state index in [4.69, 9.17) is 0 Å². The molecule has 0 heteroatoms. The van der Waals surface area contributed by atoms with E-state index >= 15 is 0 Å². The highest BCUT2D eigenvalue weighted by Gasteiger charge is 2.25. The molecule has 3 aliphatic rings. The molecule has 0 atom stereocenters. The van der Waals surface area contributed by atoms with Crippen LogP contribution >= 0.6 is 0 Å². The highest BCUT2D eigenvalue weighted by atomic mass is 14.3. The Kier molecular flexibility index (Phi) is 6.78. The maximum absolute atomic E-state index is 2.60. The van der Waals surface area contributed by atoms with Gasteiger partial charge in [0.15, 0.2) is 0 Å². The van der Waals surface area contributed by atoms with Crippen molar-refractivity contribution in [1.29, 1.82) is 0 Å². The summed E-state index contributed by atoms with van der Waals surface area (Å²) in [5, 5.41) is 8.77. The number of hydrogen-bond donors (Lipinski definition) is 0. The maximum Gasteiger partial charge on any atom is -0.0120 e. The molecule has 0 bridgehead atoms. The second-order valence-electron chi connectivity index (χ2n) is 15.4. The van der Waals surface area contributed by atoms with Gasteiger partial charge in [0.2, 0.25) is 0 Å². The van der Waals surface area contributed by atoms with E-state index in [1.54, 1.807) is 50.1 Å². The van der Waals surface area contributed by atoms with Gasteiger partial charge in [0.25, 0.3) is 0 Å². The van der Waals surface area contributed by atoms with Gasteiger partial charge in [-0.15, -0.1) is 0 Å². The summed E-state index contributed by atoms with van der Waals surface area (Å²) < 4.78 is 0. The first-order valence-corrected chi connectivity index (χ1v) is 18.3. The van der Waals surface area contributed by atoms with E-state index in [1.807, 2.05) is 0 Å². The second kappa shape index (κ2) is 11.5. The van der Waals surface area contributed by atoms with Crippen molar-refractivity contribution in [3.8, 4) is 0 Å². The standard InChI is InChI=1S/C48H42/c1-7-37-8-2-14-41-26-34(25-40(13-1)46(37)41)22-31-19-32(23-35-27-42-15-3-9-38-10-4-16-43(28-35)47(38)42)21-33(20-31)24-36-29-44-17-5-11-39-12-6-18-45(30-36)48(39)44/h1-21,34-36H,22-30H2. The molecule has 0 saturated heterocycles. The largest absolute Gasteiger partial charge is 0.0614 e. The summed E-state index contributed by atoms with van der Waals surface area (Å²) >= 11 is 0. The van der Waals surface area contributed by atoms with E-state index in [0.29, 0.717) is 17.8 Å². The predicted octanol–water partition coefficient (Wildman–Crippen LogP) is 11.0. The minimum Gasteiger partial charge on any atom is -0.0614 e. The van der Waals surface area contributed by atoms with Crippen LogP contribution in [0.1, 0.15) is 50.1 Å². The summed E-state index contributed by atoms with van der Waals surface area (Å²) in [4.78, 5) is 0. The van der Waals surface area contributed by atoms with Crippen molar-refractivity contribution < 1.29 is 0 Å². The Balaban J connectivity index is 0.962. The van der Waals surface area contributed by atoms with Gasteiger partial charge < -0.3 is 0 Å². The fraction of sp³-hybridized carbons (Fsp3) is 0.250. The Morgan fingerprint density at radius 3 is 0.771 bits per heavy atom. The minimum absolute atomic E-state index is 0.645. The lowest BCUT2D eigenvalue weighted by Gasteiger charge is -2.28. The summed E-state index contributed by atoms with van der Waals surface area (Å²) in [6, 6.07) is 49.3. The van der Waals surface area contributed by atoms with E-state index in [9.17, 15) is 0 Å². The highest BCUT2D eigenvalue weighted by Crippen LogP contribution is 2.38. The molecule has 0 nitrogen and oxygen atoms in total. The van der Waals surface area contributed by atoms with Crippen LogP contribution in [0.3, 0.4) is 0 Å². The summed E-state index contributed by atoms with van der Waals surface area (Å²) in [6.07, 6.45) is 10.6. The van der Waals surface area contributed by atoms with Gasteiger partial charge in [0, 0.05) is 0 Å². The molecule has 0 spiro atoms. The second-order valence-corrected chi connectivity index (χ2v) is 15.4. The highest BCUT2D eigenvalue weighted by molar-refractivity contribution is 5.91. The first kappa shape index (κ1) is 28.3. The first-order valence-electron chi connectivity index (χ1n) is 18.3. The van der Waals surface area contributed by atoms with Crippen LogP contribution in [-0.4, -0.2) is 0 Å². The van der Waals surface area contributed by atoms with Crippen molar-refractivity contribution in [2.45, 2.75) is 57.8 Å². The van der Waals surface area contributed by atoms with Crippen molar-refractivity contribution in [1.82, 2.24) is 0 Å². The molecule has 0 amide bonds.